The van der Waals surface area contributed by atoms with Gasteiger partial charge in [0.1, 0.15) is 0 Å². The van der Waals surface area contributed by atoms with Crippen LogP contribution < -0.4 is 5.32 Å². The Morgan fingerprint density at radius 1 is 1.18 bits per heavy atom. The van der Waals surface area contributed by atoms with E-state index in [4.69, 9.17) is 4.74 Å². The summed E-state index contributed by atoms with van der Waals surface area (Å²) in [6.07, 6.45) is 2.57. The van der Waals surface area contributed by atoms with Crippen LogP contribution in [-0.4, -0.2) is 19.3 Å². The first-order valence-corrected chi connectivity index (χ1v) is 6.52. The number of nitrogens with one attached hydrogen (secondary N) is 1. The van der Waals surface area contributed by atoms with Crippen molar-refractivity contribution >= 4 is 0 Å². The Kier molecular flexibility index (Phi) is 6.23. The second kappa shape index (κ2) is 7.46. The van der Waals surface area contributed by atoms with E-state index >= 15 is 0 Å². The van der Waals surface area contributed by atoms with Crippen molar-refractivity contribution in [2.75, 3.05) is 7.11 Å². The maximum Gasteiger partial charge on any atom is 0.0693 e. The Labute approximate surface area is 105 Å². The first-order valence-electron chi connectivity index (χ1n) is 6.52. The van der Waals surface area contributed by atoms with Gasteiger partial charge in [-0.1, -0.05) is 43.7 Å². The zero-order chi connectivity index (χ0) is 12.7. The van der Waals surface area contributed by atoms with Crippen molar-refractivity contribution in [3.63, 3.8) is 0 Å². The normalized spacial score (nSPS) is 16.5. The van der Waals surface area contributed by atoms with Crippen LogP contribution in [0.2, 0.25) is 0 Å². The summed E-state index contributed by atoms with van der Waals surface area (Å²) < 4.78 is 5.36. The third-order valence-corrected chi connectivity index (χ3v) is 3.32. The third kappa shape index (κ3) is 4.49. The van der Waals surface area contributed by atoms with Crippen LogP contribution in [-0.2, 0) is 4.74 Å². The minimum absolute atomic E-state index is 0.234. The van der Waals surface area contributed by atoms with Crippen LogP contribution in [0.3, 0.4) is 0 Å². The Balaban J connectivity index is 2.67. The molecule has 0 spiro atoms. The molecule has 0 fully saturated rings. The third-order valence-electron chi connectivity index (χ3n) is 3.32. The van der Waals surface area contributed by atoms with Gasteiger partial charge in [0.15, 0.2) is 0 Å². The zero-order valence-corrected chi connectivity index (χ0v) is 11.4. The lowest BCUT2D eigenvalue weighted by Gasteiger charge is -2.27. The fraction of sp³-hybridized carbons (Fsp3) is 0.600. The summed E-state index contributed by atoms with van der Waals surface area (Å²) in [5.74, 6) is 0. The van der Waals surface area contributed by atoms with Gasteiger partial charge in [0.25, 0.3) is 0 Å². The Morgan fingerprint density at radius 3 is 2.35 bits per heavy atom. The van der Waals surface area contributed by atoms with Gasteiger partial charge in [0.05, 0.1) is 6.10 Å². The van der Waals surface area contributed by atoms with Crippen molar-refractivity contribution < 1.29 is 4.74 Å². The maximum atomic E-state index is 5.36. The molecule has 1 rings (SSSR count). The fourth-order valence-corrected chi connectivity index (χ4v) is 1.98. The predicted molar refractivity (Wildman–Crippen MR) is 73.2 cm³/mol. The quantitative estimate of drug-likeness (QED) is 0.780. The molecule has 17 heavy (non-hydrogen) atoms. The number of ether oxygens (including phenoxy) is 1. The summed E-state index contributed by atoms with van der Waals surface area (Å²) in [6.45, 7) is 6.51. The van der Waals surface area contributed by atoms with E-state index in [0.717, 1.165) is 6.42 Å². The summed E-state index contributed by atoms with van der Waals surface area (Å²) in [6, 6.07) is 11.4. The molecule has 0 heterocycles. The van der Waals surface area contributed by atoms with Crippen LogP contribution in [0, 0.1) is 0 Å². The van der Waals surface area contributed by atoms with Crippen molar-refractivity contribution in [1.82, 2.24) is 5.32 Å². The number of rotatable bonds is 7. The number of hydrogen-bond acceptors (Lipinski definition) is 2. The van der Waals surface area contributed by atoms with Gasteiger partial charge < -0.3 is 10.1 Å². The molecule has 0 aliphatic heterocycles. The molecular formula is C15H25NO. The van der Waals surface area contributed by atoms with Gasteiger partial charge >= 0.3 is 0 Å². The van der Waals surface area contributed by atoms with Crippen molar-refractivity contribution in [1.29, 1.82) is 0 Å². The standard InChI is InChI=1S/C15H25NO/c1-5-9-15(14-10-7-6-8-11-14)16-12(2)13(3)17-4/h6-8,10-13,15-16H,5,9H2,1-4H3. The van der Waals surface area contributed by atoms with Crippen LogP contribution in [0.25, 0.3) is 0 Å². The number of benzene rings is 1. The van der Waals surface area contributed by atoms with Crippen LogP contribution in [0.15, 0.2) is 30.3 Å². The highest BCUT2D eigenvalue weighted by Crippen LogP contribution is 2.19. The van der Waals surface area contributed by atoms with E-state index in [2.05, 4.69) is 56.4 Å². The molecule has 0 saturated heterocycles. The van der Waals surface area contributed by atoms with Crippen LogP contribution in [0.4, 0.5) is 0 Å². The highest BCUT2D eigenvalue weighted by Gasteiger charge is 2.17. The molecule has 0 bridgehead atoms. The smallest absolute Gasteiger partial charge is 0.0693 e. The first kappa shape index (κ1) is 14.2. The molecule has 96 valence electrons. The van der Waals surface area contributed by atoms with Gasteiger partial charge in [-0.15, -0.1) is 0 Å². The topological polar surface area (TPSA) is 21.3 Å². The molecule has 3 atom stereocenters. The molecule has 2 heteroatoms. The minimum Gasteiger partial charge on any atom is -0.380 e. The van der Waals surface area contributed by atoms with Crippen molar-refractivity contribution in [2.24, 2.45) is 0 Å². The molecule has 0 saturated carbocycles. The molecule has 0 aromatic heterocycles. The van der Waals surface area contributed by atoms with E-state index < -0.39 is 0 Å². The van der Waals surface area contributed by atoms with Gasteiger partial charge in [-0.25, -0.2) is 0 Å². The SMILES string of the molecule is CCCC(NC(C)C(C)OC)c1ccccc1. The van der Waals surface area contributed by atoms with Gasteiger partial charge in [0.2, 0.25) is 0 Å². The van der Waals surface area contributed by atoms with E-state index in [1.54, 1.807) is 7.11 Å². The average Bonchev–Trinajstić information content (AvgIpc) is 2.38. The van der Waals surface area contributed by atoms with Gasteiger partial charge in [-0.3, -0.25) is 0 Å². The lowest BCUT2D eigenvalue weighted by atomic mass is 10.0. The molecule has 1 N–H and O–H groups in total. The Morgan fingerprint density at radius 2 is 1.82 bits per heavy atom. The van der Waals surface area contributed by atoms with E-state index in [9.17, 15) is 0 Å². The molecule has 0 aliphatic rings. The van der Waals surface area contributed by atoms with Crippen LogP contribution >= 0.6 is 0 Å². The van der Waals surface area contributed by atoms with Gasteiger partial charge in [0, 0.05) is 19.2 Å². The molecule has 2 nitrogen and oxygen atoms in total. The molecule has 3 unspecified atom stereocenters. The van der Waals surface area contributed by atoms with Crippen LogP contribution in [0.5, 0.6) is 0 Å². The average molecular weight is 235 g/mol. The summed E-state index contributed by atoms with van der Waals surface area (Å²) in [4.78, 5) is 0. The molecule has 0 amide bonds. The monoisotopic (exact) mass is 235 g/mol. The number of methoxy groups -OCH3 is 1. The maximum absolute atomic E-state index is 5.36. The molecule has 0 aliphatic carbocycles. The highest BCUT2D eigenvalue weighted by atomic mass is 16.5. The second-order valence-corrected chi connectivity index (χ2v) is 4.65. The van der Waals surface area contributed by atoms with Gasteiger partial charge in [-0.05, 0) is 25.8 Å². The summed E-state index contributed by atoms with van der Waals surface area (Å²) >= 11 is 0. The first-order chi connectivity index (χ1) is 8.19. The minimum atomic E-state index is 0.234. The molecule has 0 radical (unpaired) electrons. The Hall–Kier alpha value is -0.860. The largest absolute Gasteiger partial charge is 0.380 e. The number of hydrogen-bond donors (Lipinski definition) is 1. The lowest BCUT2D eigenvalue weighted by Crippen LogP contribution is -2.39. The summed E-state index contributed by atoms with van der Waals surface area (Å²) in [7, 11) is 1.76. The molecule has 1 aromatic carbocycles. The fourth-order valence-electron chi connectivity index (χ4n) is 1.98. The zero-order valence-electron chi connectivity index (χ0n) is 11.4. The van der Waals surface area contributed by atoms with E-state index in [-0.39, 0.29) is 6.10 Å². The molecular weight excluding hydrogens is 210 g/mol. The van der Waals surface area contributed by atoms with Crippen molar-refractivity contribution in [2.45, 2.75) is 51.8 Å². The molecule has 1 aromatic rings. The van der Waals surface area contributed by atoms with E-state index in [0.29, 0.717) is 12.1 Å². The summed E-state index contributed by atoms with van der Waals surface area (Å²) in [5.41, 5.74) is 1.37. The summed E-state index contributed by atoms with van der Waals surface area (Å²) in [5, 5.41) is 3.66. The second-order valence-electron chi connectivity index (χ2n) is 4.65. The van der Waals surface area contributed by atoms with Crippen molar-refractivity contribution in [3.8, 4) is 0 Å². The van der Waals surface area contributed by atoms with E-state index in [1.165, 1.54) is 12.0 Å². The Bertz CT molecular complexity index is 299. The van der Waals surface area contributed by atoms with Gasteiger partial charge in [-0.2, -0.15) is 0 Å². The van der Waals surface area contributed by atoms with Crippen molar-refractivity contribution in [3.05, 3.63) is 35.9 Å². The van der Waals surface area contributed by atoms with E-state index in [1.807, 2.05) is 0 Å². The highest BCUT2D eigenvalue weighted by molar-refractivity contribution is 5.19. The lowest BCUT2D eigenvalue weighted by molar-refractivity contribution is 0.0838. The predicted octanol–water partition coefficient (Wildman–Crippen LogP) is 3.54. The van der Waals surface area contributed by atoms with Crippen LogP contribution in [0.1, 0.15) is 45.2 Å².